The van der Waals surface area contributed by atoms with Gasteiger partial charge in [-0.3, -0.25) is 29.0 Å². The zero-order chi connectivity index (χ0) is 42.4. The number of amides is 2. The molecule has 7 N–H and O–H groups in total. The molecule has 0 unspecified atom stereocenters. The first-order valence-corrected chi connectivity index (χ1v) is 20.5. The van der Waals surface area contributed by atoms with E-state index in [9.17, 15) is 29.1 Å². The standard InChI is InChI=1S/C42H71N5O10/c1-6-12-37(50)36(25-32-14-8-7-9-15-32)46-41(53)34(28-48)27-38(51)39(31(4)5)47-40(52)33(16-10-17-45-42(43)44)26-35(49)29-57-24-23-56-22-21-55-20-19-54-18-11-13-30(2)3/h7-9,14-15,30-31,33-34,36,39,48H,6,10-13,16-29H2,1-5H3,(H,46,53)(H,47,52)(H4,43,44,45)/t33-,34+,36+,39+/m1/s1. The Balaban J connectivity index is 2.72. The summed E-state index contributed by atoms with van der Waals surface area (Å²) in [5.74, 6) is -3.80. The Bertz CT molecular complexity index is 1320. The Labute approximate surface area is 339 Å². The topological polar surface area (TPSA) is 231 Å². The van der Waals surface area contributed by atoms with Crippen LogP contribution in [0, 0.1) is 23.7 Å². The number of aliphatic hydroxyl groups excluding tert-OH is 1. The fraction of sp³-hybridized carbons (Fsp3) is 0.714. The van der Waals surface area contributed by atoms with Gasteiger partial charge in [-0.1, -0.05) is 65.0 Å². The molecule has 0 aliphatic heterocycles. The monoisotopic (exact) mass is 806 g/mol. The van der Waals surface area contributed by atoms with Crippen molar-refractivity contribution in [2.24, 2.45) is 40.1 Å². The lowest BCUT2D eigenvalue weighted by molar-refractivity contribution is -0.136. The summed E-state index contributed by atoms with van der Waals surface area (Å²) < 4.78 is 22.0. The molecule has 324 valence electrons. The minimum atomic E-state index is -1.14. The summed E-state index contributed by atoms with van der Waals surface area (Å²) in [4.78, 5) is 70.4. The maximum absolute atomic E-state index is 13.6. The van der Waals surface area contributed by atoms with E-state index in [4.69, 9.17) is 30.4 Å². The number of guanidine groups is 1. The van der Waals surface area contributed by atoms with Crippen LogP contribution in [0.5, 0.6) is 0 Å². The summed E-state index contributed by atoms with van der Waals surface area (Å²) in [7, 11) is 0. The van der Waals surface area contributed by atoms with Crippen molar-refractivity contribution in [3.05, 3.63) is 35.9 Å². The molecule has 0 radical (unpaired) electrons. The molecule has 4 atom stereocenters. The first-order chi connectivity index (χ1) is 27.3. The van der Waals surface area contributed by atoms with Crippen LogP contribution in [0.15, 0.2) is 35.3 Å². The number of Topliss-reactive ketones (excluding diaryl/α,β-unsaturated/α-hetero) is 3. The lowest BCUT2D eigenvalue weighted by atomic mass is 9.90. The smallest absolute Gasteiger partial charge is 0.226 e. The number of carbonyl (C=O) groups excluding carboxylic acids is 5. The molecule has 15 nitrogen and oxygen atoms in total. The second-order valence-corrected chi connectivity index (χ2v) is 15.1. The Morgan fingerprint density at radius 1 is 0.737 bits per heavy atom. The Hall–Kier alpha value is -3.76. The van der Waals surface area contributed by atoms with Crippen molar-refractivity contribution in [3.63, 3.8) is 0 Å². The van der Waals surface area contributed by atoms with Crippen molar-refractivity contribution in [1.29, 1.82) is 0 Å². The van der Waals surface area contributed by atoms with Gasteiger partial charge < -0.3 is 46.2 Å². The van der Waals surface area contributed by atoms with E-state index in [1.807, 2.05) is 37.3 Å². The summed E-state index contributed by atoms with van der Waals surface area (Å²) in [6.07, 6.45) is 3.47. The maximum atomic E-state index is 13.6. The van der Waals surface area contributed by atoms with Crippen LogP contribution in [-0.2, 0) is 49.3 Å². The number of aliphatic hydroxyl groups is 1. The number of hydrogen-bond donors (Lipinski definition) is 5. The third-order valence-electron chi connectivity index (χ3n) is 9.13. The summed E-state index contributed by atoms with van der Waals surface area (Å²) in [5.41, 5.74) is 11.8. The molecule has 15 heteroatoms. The normalized spacial score (nSPS) is 13.5. The predicted octanol–water partition coefficient (Wildman–Crippen LogP) is 2.92. The summed E-state index contributed by atoms with van der Waals surface area (Å²) in [5, 5.41) is 15.7. The Morgan fingerprint density at radius 2 is 1.33 bits per heavy atom. The highest BCUT2D eigenvalue weighted by atomic mass is 16.6. The number of ether oxygens (including phenoxy) is 4. The number of nitrogens with one attached hydrogen (secondary N) is 2. The maximum Gasteiger partial charge on any atom is 0.226 e. The molecule has 0 bridgehead atoms. The molecule has 0 aliphatic rings. The van der Waals surface area contributed by atoms with Crippen LogP contribution < -0.4 is 22.1 Å². The van der Waals surface area contributed by atoms with Gasteiger partial charge in [0.2, 0.25) is 11.8 Å². The molecule has 0 aromatic heterocycles. The van der Waals surface area contributed by atoms with Crippen molar-refractivity contribution in [2.45, 2.75) is 104 Å². The third kappa shape index (κ3) is 24.6. The number of aliphatic imine (C=N–C) groups is 1. The van der Waals surface area contributed by atoms with E-state index in [-0.39, 0.29) is 81.9 Å². The minimum Gasteiger partial charge on any atom is -0.396 e. The predicted molar refractivity (Wildman–Crippen MR) is 219 cm³/mol. The largest absolute Gasteiger partial charge is 0.396 e. The van der Waals surface area contributed by atoms with Gasteiger partial charge in [0.05, 0.1) is 64.2 Å². The quantitative estimate of drug-likeness (QED) is 0.0379. The SMILES string of the molecule is CCCC(=O)[C@H](Cc1ccccc1)NC(=O)[C@H](CO)CC(=O)[C@@H](NC(=O)[C@H](CCCN=C(N)N)CC(=O)COCCOCCOCCOCCCC(C)C)C(C)C. The van der Waals surface area contributed by atoms with Gasteiger partial charge in [-0.2, -0.15) is 0 Å². The molecule has 2 amide bonds. The van der Waals surface area contributed by atoms with Crippen LogP contribution in [0.4, 0.5) is 0 Å². The van der Waals surface area contributed by atoms with Gasteiger partial charge >= 0.3 is 0 Å². The van der Waals surface area contributed by atoms with E-state index < -0.39 is 48.1 Å². The van der Waals surface area contributed by atoms with Crippen molar-refractivity contribution < 1.29 is 48.0 Å². The van der Waals surface area contributed by atoms with Crippen LogP contribution in [0.25, 0.3) is 0 Å². The van der Waals surface area contributed by atoms with Gasteiger partial charge in [0.15, 0.2) is 23.3 Å². The molecule has 0 saturated carbocycles. The highest BCUT2D eigenvalue weighted by Gasteiger charge is 2.33. The lowest BCUT2D eigenvalue weighted by Crippen LogP contribution is -2.50. The van der Waals surface area contributed by atoms with Crippen molar-refractivity contribution in [1.82, 2.24) is 10.6 Å². The molecule has 1 aromatic rings. The molecule has 57 heavy (non-hydrogen) atoms. The van der Waals surface area contributed by atoms with Gasteiger partial charge in [-0.05, 0) is 55.9 Å². The molecule has 0 heterocycles. The highest BCUT2D eigenvalue weighted by Crippen LogP contribution is 2.18. The Kier molecular flexibility index (Phi) is 28.1. The van der Waals surface area contributed by atoms with E-state index in [2.05, 4.69) is 29.5 Å². The van der Waals surface area contributed by atoms with E-state index in [0.717, 1.165) is 25.0 Å². The van der Waals surface area contributed by atoms with Gasteiger partial charge in [-0.15, -0.1) is 0 Å². The van der Waals surface area contributed by atoms with E-state index in [1.165, 1.54) is 0 Å². The lowest BCUT2D eigenvalue weighted by Gasteiger charge is -2.26. The average Bonchev–Trinajstić information content (AvgIpc) is 3.16. The second-order valence-electron chi connectivity index (χ2n) is 15.1. The van der Waals surface area contributed by atoms with Crippen molar-refractivity contribution in [3.8, 4) is 0 Å². The number of rotatable bonds is 35. The number of nitrogens with zero attached hydrogens (tertiary/aromatic N) is 1. The number of benzene rings is 1. The summed E-state index contributed by atoms with van der Waals surface area (Å²) >= 11 is 0. The van der Waals surface area contributed by atoms with Crippen LogP contribution in [0.2, 0.25) is 0 Å². The molecular formula is C42H71N5O10. The fourth-order valence-corrected chi connectivity index (χ4v) is 5.95. The number of carbonyl (C=O) groups is 5. The molecule has 0 saturated heterocycles. The highest BCUT2D eigenvalue weighted by molar-refractivity contribution is 5.95. The number of nitrogens with two attached hydrogens (primary N) is 2. The molecule has 0 spiro atoms. The van der Waals surface area contributed by atoms with Gasteiger partial charge in [0, 0.05) is 38.3 Å². The van der Waals surface area contributed by atoms with Gasteiger partial charge in [-0.25, -0.2) is 0 Å². The van der Waals surface area contributed by atoms with E-state index >= 15 is 0 Å². The molecule has 0 aliphatic carbocycles. The van der Waals surface area contributed by atoms with E-state index in [0.29, 0.717) is 45.2 Å². The average molecular weight is 806 g/mol. The van der Waals surface area contributed by atoms with Crippen molar-refractivity contribution >= 4 is 35.1 Å². The first-order valence-electron chi connectivity index (χ1n) is 20.5. The zero-order valence-corrected chi connectivity index (χ0v) is 35.0. The first kappa shape index (κ1) is 51.3. The summed E-state index contributed by atoms with van der Waals surface area (Å²) in [6.45, 7) is 12.1. The molecule has 0 fully saturated rings. The van der Waals surface area contributed by atoms with Crippen LogP contribution in [0.3, 0.4) is 0 Å². The minimum absolute atomic E-state index is 0.0927. The Morgan fingerprint density at radius 3 is 1.89 bits per heavy atom. The molecule has 1 rings (SSSR count). The van der Waals surface area contributed by atoms with Crippen LogP contribution >= 0.6 is 0 Å². The second kappa shape index (κ2) is 31.3. The molecular weight excluding hydrogens is 734 g/mol. The fourth-order valence-electron chi connectivity index (χ4n) is 5.95. The van der Waals surface area contributed by atoms with Gasteiger partial charge in [0.25, 0.3) is 0 Å². The van der Waals surface area contributed by atoms with Crippen LogP contribution in [-0.4, -0.2) is 118 Å². The van der Waals surface area contributed by atoms with E-state index in [1.54, 1.807) is 13.8 Å². The van der Waals surface area contributed by atoms with Crippen molar-refractivity contribution in [2.75, 3.05) is 66.0 Å². The number of hydrogen-bond acceptors (Lipinski definition) is 11. The molecule has 1 aromatic carbocycles. The number of ketones is 3. The third-order valence-corrected chi connectivity index (χ3v) is 9.13. The zero-order valence-electron chi connectivity index (χ0n) is 35.0. The summed E-state index contributed by atoms with van der Waals surface area (Å²) in [6, 6.07) is 7.44. The van der Waals surface area contributed by atoms with Crippen LogP contribution in [0.1, 0.15) is 91.5 Å². The van der Waals surface area contributed by atoms with Gasteiger partial charge in [0.1, 0.15) is 6.61 Å².